The summed E-state index contributed by atoms with van der Waals surface area (Å²) in [6.45, 7) is 2.21. The molecular weight excluding hydrogens is 218 g/mol. The Morgan fingerprint density at radius 3 is 3.06 bits per heavy atom. The van der Waals surface area contributed by atoms with E-state index in [0.29, 0.717) is 0 Å². The lowest BCUT2D eigenvalue weighted by molar-refractivity contribution is 0.869. The van der Waals surface area contributed by atoms with E-state index in [1.807, 2.05) is 0 Å². The summed E-state index contributed by atoms with van der Waals surface area (Å²) in [6, 6.07) is 0. The number of hydrogen-bond donors (Lipinski definition) is 1. The molecule has 0 spiro atoms. The third-order valence-corrected chi connectivity index (χ3v) is 4.08. The van der Waals surface area contributed by atoms with Gasteiger partial charge in [-0.25, -0.2) is 9.97 Å². The quantitative estimate of drug-likeness (QED) is 0.804. The maximum absolute atomic E-state index is 4.33. The van der Waals surface area contributed by atoms with Gasteiger partial charge in [0.1, 0.15) is 5.03 Å². The van der Waals surface area contributed by atoms with Crippen molar-refractivity contribution in [2.75, 3.05) is 5.32 Å². The minimum Gasteiger partial charge on any atom is -0.337 e. The van der Waals surface area contributed by atoms with E-state index in [2.05, 4.69) is 28.3 Å². The van der Waals surface area contributed by atoms with Gasteiger partial charge < -0.3 is 5.32 Å². The number of thioether (sulfide) groups is 1. The zero-order valence-corrected chi connectivity index (χ0v) is 9.97. The smallest absolute Gasteiger partial charge is 0.163 e. The second-order valence-corrected chi connectivity index (χ2v) is 5.01. The number of nitrogens with zero attached hydrogens (tertiary/aromatic N) is 2. The van der Waals surface area contributed by atoms with Crippen LogP contribution >= 0.6 is 11.8 Å². The molecule has 0 amide bonds. The van der Waals surface area contributed by atoms with Gasteiger partial charge in [0.2, 0.25) is 0 Å². The molecular formula is C12H13N3S. The van der Waals surface area contributed by atoms with Crippen LogP contribution in [0.4, 0.5) is 5.82 Å². The normalized spacial score (nSPS) is 18.4. The van der Waals surface area contributed by atoms with Crippen LogP contribution in [0.3, 0.4) is 0 Å². The van der Waals surface area contributed by atoms with E-state index >= 15 is 0 Å². The molecule has 3 nitrogen and oxygen atoms in total. The fraction of sp³-hybridized carbons (Fsp3) is 0.333. The van der Waals surface area contributed by atoms with Gasteiger partial charge in [-0.3, -0.25) is 0 Å². The average Bonchev–Trinajstić information content (AvgIpc) is 2.35. The Labute approximate surface area is 99.1 Å². The summed E-state index contributed by atoms with van der Waals surface area (Å²) in [4.78, 5) is 10.0. The fourth-order valence-corrected chi connectivity index (χ4v) is 2.96. The second kappa shape index (κ2) is 3.94. The molecule has 2 aliphatic rings. The molecule has 3 rings (SSSR count). The van der Waals surface area contributed by atoms with Crippen molar-refractivity contribution in [2.45, 2.75) is 31.2 Å². The molecule has 4 heteroatoms. The van der Waals surface area contributed by atoms with Gasteiger partial charge in [0.25, 0.3) is 0 Å². The Bertz CT molecular complexity index is 491. The van der Waals surface area contributed by atoms with Crippen LogP contribution in [0, 0.1) is 0 Å². The molecule has 0 saturated carbocycles. The first-order chi connectivity index (χ1) is 7.86. The topological polar surface area (TPSA) is 37.8 Å². The Morgan fingerprint density at radius 2 is 2.19 bits per heavy atom. The average molecular weight is 231 g/mol. The van der Waals surface area contributed by atoms with E-state index in [0.717, 1.165) is 23.7 Å². The number of nitrogens with one attached hydrogen (secondary N) is 1. The van der Waals surface area contributed by atoms with Crippen LogP contribution in [0.1, 0.15) is 26.2 Å². The zero-order chi connectivity index (χ0) is 11.0. The van der Waals surface area contributed by atoms with Crippen molar-refractivity contribution >= 4 is 17.6 Å². The summed E-state index contributed by atoms with van der Waals surface area (Å²) in [6.07, 6.45) is 9.18. The lowest BCUT2D eigenvalue weighted by atomic mass is 10.0. The van der Waals surface area contributed by atoms with Crippen molar-refractivity contribution in [3.8, 4) is 0 Å². The number of rotatable bonds is 1. The number of anilines is 1. The third-order valence-electron chi connectivity index (χ3n) is 2.91. The SMILES string of the molecule is CCC1=CC2=C(CC1)Sc1nccnc1N2. The maximum atomic E-state index is 4.33. The van der Waals surface area contributed by atoms with Crippen molar-refractivity contribution < 1.29 is 0 Å². The number of allylic oxidation sites excluding steroid dienone is 3. The first kappa shape index (κ1) is 9.90. The first-order valence-corrected chi connectivity index (χ1v) is 6.37. The monoisotopic (exact) mass is 231 g/mol. The molecule has 2 heterocycles. The minimum absolute atomic E-state index is 0.889. The molecule has 1 N–H and O–H groups in total. The fourth-order valence-electron chi connectivity index (χ4n) is 1.99. The lowest BCUT2D eigenvalue weighted by Crippen LogP contribution is -2.12. The van der Waals surface area contributed by atoms with E-state index in [1.54, 1.807) is 24.2 Å². The Balaban J connectivity index is 1.97. The summed E-state index contributed by atoms with van der Waals surface area (Å²) in [7, 11) is 0. The standard InChI is InChI=1S/C12H13N3S/c1-2-8-3-4-10-9(7-8)15-11-12(16-10)14-6-5-13-11/h5-7H,2-4H2,1H3,(H,13,15). The van der Waals surface area contributed by atoms with E-state index in [1.165, 1.54) is 22.6 Å². The molecule has 1 aromatic rings. The number of hydrogen-bond acceptors (Lipinski definition) is 4. The van der Waals surface area contributed by atoms with Crippen LogP contribution in [-0.2, 0) is 0 Å². The van der Waals surface area contributed by atoms with Crippen LogP contribution in [0.2, 0.25) is 0 Å². The molecule has 0 atom stereocenters. The maximum Gasteiger partial charge on any atom is 0.163 e. The Morgan fingerprint density at radius 1 is 1.31 bits per heavy atom. The first-order valence-electron chi connectivity index (χ1n) is 5.55. The van der Waals surface area contributed by atoms with Gasteiger partial charge in [-0.2, -0.15) is 0 Å². The van der Waals surface area contributed by atoms with E-state index in [-0.39, 0.29) is 0 Å². The minimum atomic E-state index is 0.889. The summed E-state index contributed by atoms with van der Waals surface area (Å²) in [5.74, 6) is 0.889. The van der Waals surface area contributed by atoms with Crippen molar-refractivity contribution in [1.82, 2.24) is 9.97 Å². The van der Waals surface area contributed by atoms with Crippen molar-refractivity contribution in [3.63, 3.8) is 0 Å². The van der Waals surface area contributed by atoms with Gasteiger partial charge in [0.05, 0.1) is 0 Å². The summed E-state index contributed by atoms with van der Waals surface area (Å²) < 4.78 is 0. The molecule has 82 valence electrons. The number of aromatic nitrogens is 2. The predicted octanol–water partition coefficient (Wildman–Crippen LogP) is 3.34. The number of fused-ring (bicyclic) bond motifs is 1. The van der Waals surface area contributed by atoms with Crippen LogP contribution in [-0.4, -0.2) is 9.97 Å². The largest absolute Gasteiger partial charge is 0.337 e. The molecule has 0 bridgehead atoms. The predicted molar refractivity (Wildman–Crippen MR) is 66.1 cm³/mol. The van der Waals surface area contributed by atoms with Crippen molar-refractivity contribution in [1.29, 1.82) is 0 Å². The zero-order valence-electron chi connectivity index (χ0n) is 9.16. The van der Waals surface area contributed by atoms with Crippen LogP contribution in [0.25, 0.3) is 0 Å². The third kappa shape index (κ3) is 1.63. The summed E-state index contributed by atoms with van der Waals surface area (Å²) in [5, 5.41) is 4.37. The lowest BCUT2D eigenvalue weighted by Gasteiger charge is -2.24. The molecule has 0 fully saturated rings. The highest BCUT2D eigenvalue weighted by atomic mass is 32.2. The highest BCUT2D eigenvalue weighted by Crippen LogP contribution is 2.42. The van der Waals surface area contributed by atoms with E-state index < -0.39 is 0 Å². The molecule has 16 heavy (non-hydrogen) atoms. The summed E-state index contributed by atoms with van der Waals surface area (Å²) in [5.41, 5.74) is 2.74. The van der Waals surface area contributed by atoms with E-state index in [9.17, 15) is 0 Å². The van der Waals surface area contributed by atoms with Crippen LogP contribution < -0.4 is 5.32 Å². The molecule has 1 aliphatic heterocycles. The highest BCUT2D eigenvalue weighted by Gasteiger charge is 2.21. The van der Waals surface area contributed by atoms with Gasteiger partial charge in [0, 0.05) is 23.0 Å². The van der Waals surface area contributed by atoms with Crippen LogP contribution in [0.5, 0.6) is 0 Å². The van der Waals surface area contributed by atoms with Gasteiger partial charge in [-0.15, -0.1) is 0 Å². The van der Waals surface area contributed by atoms with Gasteiger partial charge in [0.15, 0.2) is 5.82 Å². The summed E-state index contributed by atoms with van der Waals surface area (Å²) >= 11 is 1.75. The van der Waals surface area contributed by atoms with Crippen molar-refractivity contribution in [2.24, 2.45) is 0 Å². The molecule has 1 aromatic heterocycles. The van der Waals surface area contributed by atoms with Gasteiger partial charge >= 0.3 is 0 Å². The molecule has 0 aromatic carbocycles. The van der Waals surface area contributed by atoms with Crippen LogP contribution in [0.15, 0.2) is 39.7 Å². The van der Waals surface area contributed by atoms with E-state index in [4.69, 9.17) is 0 Å². The van der Waals surface area contributed by atoms with Gasteiger partial charge in [-0.05, 0) is 25.3 Å². The molecule has 0 radical (unpaired) electrons. The molecule has 0 unspecified atom stereocenters. The molecule has 0 saturated heterocycles. The highest BCUT2D eigenvalue weighted by molar-refractivity contribution is 8.03. The Hall–Kier alpha value is -1.29. The second-order valence-electron chi connectivity index (χ2n) is 3.93. The van der Waals surface area contributed by atoms with Gasteiger partial charge in [-0.1, -0.05) is 24.3 Å². The van der Waals surface area contributed by atoms with Crippen molar-refractivity contribution in [3.05, 3.63) is 34.6 Å². The Kier molecular flexibility index (Phi) is 2.44. The molecule has 1 aliphatic carbocycles.